The van der Waals surface area contributed by atoms with E-state index in [1.165, 1.54) is 6.42 Å². The number of hydrogen-bond acceptors (Lipinski definition) is 2. The molecular formula is C9H15N3S. The molecule has 0 atom stereocenters. The van der Waals surface area contributed by atoms with E-state index in [4.69, 9.17) is 12.2 Å². The van der Waals surface area contributed by atoms with Crippen molar-refractivity contribution in [1.82, 2.24) is 15.1 Å². The van der Waals surface area contributed by atoms with Crippen molar-refractivity contribution in [2.75, 3.05) is 6.54 Å². The molecule has 4 heteroatoms. The highest BCUT2D eigenvalue weighted by Crippen LogP contribution is 1.93. The maximum absolute atomic E-state index is 5.14. The Balaban J connectivity index is 2.40. The van der Waals surface area contributed by atoms with Crippen LogP contribution < -0.4 is 5.32 Å². The molecule has 72 valence electrons. The standard InChI is InChI=1S/C9H15N3S/c1-3-4-5-10-9(13)12-7-8(2)6-11-12/h6-7H,3-5H2,1-2H3,(H,10,13). The van der Waals surface area contributed by atoms with E-state index >= 15 is 0 Å². The van der Waals surface area contributed by atoms with Crippen molar-refractivity contribution in [2.45, 2.75) is 26.7 Å². The first-order valence-electron chi connectivity index (χ1n) is 4.53. The van der Waals surface area contributed by atoms with Gasteiger partial charge in [-0.1, -0.05) is 13.3 Å². The summed E-state index contributed by atoms with van der Waals surface area (Å²) >= 11 is 5.14. The van der Waals surface area contributed by atoms with Crippen molar-refractivity contribution >= 4 is 17.3 Å². The molecule has 0 bridgehead atoms. The zero-order valence-corrected chi connectivity index (χ0v) is 8.90. The van der Waals surface area contributed by atoms with Gasteiger partial charge in [0.25, 0.3) is 0 Å². The molecule has 0 fully saturated rings. The van der Waals surface area contributed by atoms with Crippen molar-refractivity contribution in [1.29, 1.82) is 0 Å². The fourth-order valence-electron chi connectivity index (χ4n) is 0.977. The molecule has 0 radical (unpaired) electrons. The van der Waals surface area contributed by atoms with E-state index in [-0.39, 0.29) is 0 Å². The van der Waals surface area contributed by atoms with Gasteiger partial charge in [0.2, 0.25) is 0 Å². The van der Waals surface area contributed by atoms with Crippen LogP contribution in [0.3, 0.4) is 0 Å². The van der Waals surface area contributed by atoms with Crippen LogP contribution in [0.25, 0.3) is 0 Å². The minimum atomic E-state index is 0.682. The summed E-state index contributed by atoms with van der Waals surface area (Å²) in [4.78, 5) is 0. The predicted molar refractivity (Wildman–Crippen MR) is 57.9 cm³/mol. The number of unbranched alkanes of at least 4 members (excludes halogenated alkanes) is 1. The lowest BCUT2D eigenvalue weighted by Crippen LogP contribution is -2.29. The van der Waals surface area contributed by atoms with Crippen LogP contribution in [-0.4, -0.2) is 21.4 Å². The van der Waals surface area contributed by atoms with Crippen molar-refractivity contribution in [2.24, 2.45) is 0 Å². The van der Waals surface area contributed by atoms with Crippen LogP contribution >= 0.6 is 12.2 Å². The number of aromatic nitrogens is 2. The van der Waals surface area contributed by atoms with Crippen molar-refractivity contribution in [3.8, 4) is 0 Å². The monoisotopic (exact) mass is 197 g/mol. The highest BCUT2D eigenvalue weighted by Gasteiger charge is 1.98. The Morgan fingerprint density at radius 1 is 1.69 bits per heavy atom. The summed E-state index contributed by atoms with van der Waals surface area (Å²) in [6.07, 6.45) is 6.03. The van der Waals surface area contributed by atoms with Crippen LogP contribution in [0.5, 0.6) is 0 Å². The van der Waals surface area contributed by atoms with Crippen molar-refractivity contribution in [3.63, 3.8) is 0 Å². The Morgan fingerprint density at radius 2 is 2.46 bits per heavy atom. The SMILES string of the molecule is CCCCNC(=S)n1cc(C)cn1. The average molecular weight is 197 g/mol. The highest BCUT2D eigenvalue weighted by atomic mass is 32.1. The van der Waals surface area contributed by atoms with Crippen LogP contribution in [0.15, 0.2) is 12.4 Å². The first kappa shape index (κ1) is 10.2. The molecule has 0 unspecified atom stereocenters. The lowest BCUT2D eigenvalue weighted by atomic mass is 10.3. The summed E-state index contributed by atoms with van der Waals surface area (Å²) < 4.78 is 1.69. The summed E-state index contributed by atoms with van der Waals surface area (Å²) in [6.45, 7) is 5.08. The van der Waals surface area contributed by atoms with Gasteiger partial charge in [-0.2, -0.15) is 5.10 Å². The molecule has 1 heterocycles. The van der Waals surface area contributed by atoms with E-state index in [0.717, 1.165) is 18.5 Å². The number of nitrogens with one attached hydrogen (secondary N) is 1. The van der Waals surface area contributed by atoms with Gasteiger partial charge in [-0.15, -0.1) is 0 Å². The van der Waals surface area contributed by atoms with Gasteiger partial charge in [0.15, 0.2) is 5.11 Å². The number of nitrogens with zero attached hydrogens (tertiary/aromatic N) is 2. The van der Waals surface area contributed by atoms with Gasteiger partial charge in [0.1, 0.15) is 0 Å². The molecule has 1 aromatic heterocycles. The molecule has 3 nitrogen and oxygen atoms in total. The quantitative estimate of drug-likeness (QED) is 0.591. The third-order valence-corrected chi connectivity index (χ3v) is 2.06. The van der Waals surface area contributed by atoms with E-state index in [2.05, 4.69) is 17.3 Å². The maximum atomic E-state index is 5.14. The second-order valence-electron chi connectivity index (χ2n) is 3.05. The molecule has 0 amide bonds. The van der Waals surface area contributed by atoms with E-state index < -0.39 is 0 Å². The third kappa shape index (κ3) is 3.14. The van der Waals surface area contributed by atoms with Gasteiger partial charge >= 0.3 is 0 Å². The second-order valence-corrected chi connectivity index (χ2v) is 3.43. The van der Waals surface area contributed by atoms with Gasteiger partial charge in [0.05, 0.1) is 6.20 Å². The maximum Gasteiger partial charge on any atom is 0.193 e. The number of hydrogen-bond donors (Lipinski definition) is 1. The van der Waals surface area contributed by atoms with Gasteiger partial charge < -0.3 is 5.32 Å². The highest BCUT2D eigenvalue weighted by molar-refractivity contribution is 7.80. The predicted octanol–water partition coefficient (Wildman–Crippen LogP) is 1.71. The molecule has 0 spiro atoms. The zero-order valence-electron chi connectivity index (χ0n) is 8.08. The second kappa shape index (κ2) is 4.97. The Morgan fingerprint density at radius 3 is 3.00 bits per heavy atom. The summed E-state index contributed by atoms with van der Waals surface area (Å²) in [5, 5.41) is 7.93. The normalized spacial score (nSPS) is 10.0. The fraction of sp³-hybridized carbons (Fsp3) is 0.556. The fourth-order valence-corrected chi connectivity index (χ4v) is 1.18. The molecule has 0 saturated carbocycles. The summed E-state index contributed by atoms with van der Waals surface area (Å²) in [7, 11) is 0. The van der Waals surface area contributed by atoms with E-state index in [1.54, 1.807) is 10.9 Å². The first-order chi connectivity index (χ1) is 6.24. The van der Waals surface area contributed by atoms with Crippen LogP contribution in [0.1, 0.15) is 25.3 Å². The molecule has 0 aliphatic carbocycles. The largest absolute Gasteiger partial charge is 0.361 e. The molecule has 1 rings (SSSR count). The summed E-state index contributed by atoms with van der Waals surface area (Å²) in [6, 6.07) is 0. The van der Waals surface area contributed by atoms with E-state index in [1.807, 2.05) is 13.1 Å². The Hall–Kier alpha value is -0.900. The molecule has 0 saturated heterocycles. The van der Waals surface area contributed by atoms with Crippen molar-refractivity contribution < 1.29 is 0 Å². The topological polar surface area (TPSA) is 29.9 Å². The minimum Gasteiger partial charge on any atom is -0.361 e. The Kier molecular flexibility index (Phi) is 3.89. The van der Waals surface area contributed by atoms with Gasteiger partial charge in [-0.05, 0) is 31.1 Å². The lowest BCUT2D eigenvalue weighted by molar-refractivity contribution is 0.738. The van der Waals surface area contributed by atoms with Gasteiger partial charge in [-0.25, -0.2) is 4.68 Å². The molecule has 1 N–H and O–H groups in total. The molecule has 1 aromatic rings. The smallest absolute Gasteiger partial charge is 0.193 e. The van der Waals surface area contributed by atoms with Crippen LogP contribution in [0.2, 0.25) is 0 Å². The van der Waals surface area contributed by atoms with Crippen LogP contribution in [0, 0.1) is 6.92 Å². The molecule has 0 aliphatic heterocycles. The number of aryl methyl sites for hydroxylation is 1. The number of thiocarbonyl (C=S) groups is 1. The van der Waals surface area contributed by atoms with E-state index in [0.29, 0.717) is 5.11 Å². The van der Waals surface area contributed by atoms with E-state index in [9.17, 15) is 0 Å². The molecular weight excluding hydrogens is 182 g/mol. The van der Waals surface area contributed by atoms with Gasteiger partial charge in [-0.3, -0.25) is 0 Å². The molecule has 13 heavy (non-hydrogen) atoms. The van der Waals surface area contributed by atoms with Crippen LogP contribution in [-0.2, 0) is 0 Å². The molecule has 0 aromatic carbocycles. The van der Waals surface area contributed by atoms with Crippen LogP contribution in [0.4, 0.5) is 0 Å². The lowest BCUT2D eigenvalue weighted by Gasteiger charge is -2.05. The van der Waals surface area contributed by atoms with Gasteiger partial charge in [0, 0.05) is 12.7 Å². The molecule has 0 aliphatic rings. The zero-order chi connectivity index (χ0) is 9.68. The van der Waals surface area contributed by atoms with Crippen molar-refractivity contribution in [3.05, 3.63) is 18.0 Å². The Labute approximate surface area is 84.1 Å². The third-order valence-electron chi connectivity index (χ3n) is 1.73. The summed E-state index contributed by atoms with van der Waals surface area (Å²) in [5.41, 5.74) is 1.12. The minimum absolute atomic E-state index is 0.682. The number of rotatable bonds is 3. The Bertz CT molecular complexity index is 280. The summed E-state index contributed by atoms with van der Waals surface area (Å²) in [5.74, 6) is 0. The first-order valence-corrected chi connectivity index (χ1v) is 4.94. The average Bonchev–Trinajstić information content (AvgIpc) is 2.52.